The number of fused-ring (bicyclic) bond motifs is 2. The van der Waals surface area contributed by atoms with Gasteiger partial charge in [0.25, 0.3) is 0 Å². The van der Waals surface area contributed by atoms with Crippen molar-refractivity contribution in [1.82, 2.24) is 5.32 Å². The van der Waals surface area contributed by atoms with Gasteiger partial charge in [0.05, 0.1) is 0 Å². The quantitative estimate of drug-likeness (QED) is 0.841. The van der Waals surface area contributed by atoms with E-state index in [0.29, 0.717) is 6.04 Å². The fourth-order valence-electron chi connectivity index (χ4n) is 3.53. The zero-order valence-electron chi connectivity index (χ0n) is 9.56. The molecule has 4 unspecified atom stereocenters. The van der Waals surface area contributed by atoms with E-state index in [2.05, 4.69) is 22.1 Å². The van der Waals surface area contributed by atoms with E-state index in [0.717, 1.165) is 30.8 Å². The lowest BCUT2D eigenvalue weighted by Crippen LogP contribution is -2.41. The molecule has 2 saturated carbocycles. The molecule has 1 aromatic rings. The number of rotatable bonds is 4. The third-order valence-corrected chi connectivity index (χ3v) is 5.18. The summed E-state index contributed by atoms with van der Waals surface area (Å²) in [5, 5.41) is 7.93. The highest BCUT2D eigenvalue weighted by Crippen LogP contribution is 2.47. The average Bonchev–Trinajstić information content (AvgIpc) is 2.97. The van der Waals surface area contributed by atoms with Crippen LogP contribution in [0.3, 0.4) is 0 Å². The van der Waals surface area contributed by atoms with Crippen LogP contribution < -0.4 is 11.1 Å². The molecule has 0 aliphatic heterocycles. The summed E-state index contributed by atoms with van der Waals surface area (Å²) in [6.07, 6.45) is 4.20. The van der Waals surface area contributed by atoms with Gasteiger partial charge in [-0.2, -0.15) is 11.3 Å². The molecule has 4 atom stereocenters. The van der Waals surface area contributed by atoms with Gasteiger partial charge in [0.1, 0.15) is 0 Å². The smallest absolute Gasteiger partial charge is 0.0213 e. The molecule has 0 amide bonds. The second-order valence-electron chi connectivity index (χ2n) is 5.34. The molecule has 16 heavy (non-hydrogen) atoms. The predicted molar refractivity (Wildman–Crippen MR) is 68.3 cm³/mol. The highest BCUT2D eigenvalue weighted by molar-refractivity contribution is 7.07. The zero-order valence-corrected chi connectivity index (χ0v) is 10.4. The first kappa shape index (κ1) is 10.8. The molecule has 2 aliphatic rings. The number of hydrogen-bond donors (Lipinski definition) is 2. The van der Waals surface area contributed by atoms with Gasteiger partial charge in [-0.25, -0.2) is 0 Å². The SMILES string of the molecule is NC1C2CCC(C2)C1CNCc1ccsc1. The molecule has 0 spiro atoms. The van der Waals surface area contributed by atoms with Crippen LogP contribution >= 0.6 is 11.3 Å². The van der Waals surface area contributed by atoms with Gasteiger partial charge in [-0.15, -0.1) is 0 Å². The van der Waals surface area contributed by atoms with Gasteiger partial charge in [-0.1, -0.05) is 0 Å². The van der Waals surface area contributed by atoms with Crippen molar-refractivity contribution in [2.45, 2.75) is 31.8 Å². The summed E-state index contributed by atoms with van der Waals surface area (Å²) in [4.78, 5) is 0. The van der Waals surface area contributed by atoms with E-state index in [4.69, 9.17) is 5.73 Å². The van der Waals surface area contributed by atoms with Crippen molar-refractivity contribution < 1.29 is 0 Å². The molecule has 2 nitrogen and oxygen atoms in total. The normalized spacial score (nSPS) is 37.1. The van der Waals surface area contributed by atoms with Crippen molar-refractivity contribution in [3.63, 3.8) is 0 Å². The van der Waals surface area contributed by atoms with Crippen LogP contribution in [0.2, 0.25) is 0 Å². The summed E-state index contributed by atoms with van der Waals surface area (Å²) in [7, 11) is 0. The Balaban J connectivity index is 1.49. The molecule has 3 N–H and O–H groups in total. The Morgan fingerprint density at radius 2 is 2.25 bits per heavy atom. The van der Waals surface area contributed by atoms with Gasteiger partial charge >= 0.3 is 0 Å². The minimum Gasteiger partial charge on any atom is -0.327 e. The van der Waals surface area contributed by atoms with Crippen LogP contribution in [-0.4, -0.2) is 12.6 Å². The molecule has 1 aromatic heterocycles. The lowest BCUT2D eigenvalue weighted by Gasteiger charge is -2.28. The number of nitrogens with one attached hydrogen (secondary N) is 1. The summed E-state index contributed by atoms with van der Waals surface area (Å²) in [6, 6.07) is 2.66. The third-order valence-electron chi connectivity index (χ3n) is 4.45. The van der Waals surface area contributed by atoms with E-state index in [1.165, 1.54) is 24.8 Å². The second kappa shape index (κ2) is 4.47. The van der Waals surface area contributed by atoms with Crippen molar-refractivity contribution in [3.05, 3.63) is 22.4 Å². The molecule has 0 saturated heterocycles. The largest absolute Gasteiger partial charge is 0.327 e. The minimum absolute atomic E-state index is 0.466. The Labute approximate surface area is 101 Å². The van der Waals surface area contributed by atoms with Crippen LogP contribution in [0, 0.1) is 17.8 Å². The van der Waals surface area contributed by atoms with Gasteiger partial charge in [0.2, 0.25) is 0 Å². The number of nitrogens with two attached hydrogens (primary N) is 1. The minimum atomic E-state index is 0.466. The van der Waals surface area contributed by atoms with Crippen LogP contribution in [0.5, 0.6) is 0 Å². The van der Waals surface area contributed by atoms with Crippen LogP contribution in [0.4, 0.5) is 0 Å². The maximum atomic E-state index is 6.29. The van der Waals surface area contributed by atoms with E-state index < -0.39 is 0 Å². The van der Waals surface area contributed by atoms with Gasteiger partial charge in [0.15, 0.2) is 0 Å². The first-order valence-corrected chi connectivity index (χ1v) is 7.26. The number of thiophene rings is 1. The molecule has 0 radical (unpaired) electrons. The van der Waals surface area contributed by atoms with Crippen molar-refractivity contribution in [3.8, 4) is 0 Å². The van der Waals surface area contributed by atoms with Crippen molar-refractivity contribution in [1.29, 1.82) is 0 Å². The van der Waals surface area contributed by atoms with E-state index in [-0.39, 0.29) is 0 Å². The van der Waals surface area contributed by atoms with E-state index >= 15 is 0 Å². The molecular weight excluding hydrogens is 216 g/mol. The van der Waals surface area contributed by atoms with Crippen LogP contribution in [0.25, 0.3) is 0 Å². The van der Waals surface area contributed by atoms with Gasteiger partial charge < -0.3 is 11.1 Å². The summed E-state index contributed by atoms with van der Waals surface area (Å²) in [5.41, 5.74) is 7.69. The fourth-order valence-corrected chi connectivity index (χ4v) is 4.20. The maximum Gasteiger partial charge on any atom is 0.0213 e. The fraction of sp³-hybridized carbons (Fsp3) is 0.692. The molecule has 3 rings (SSSR count). The summed E-state index contributed by atoms with van der Waals surface area (Å²) < 4.78 is 0. The van der Waals surface area contributed by atoms with E-state index in [1.807, 2.05) is 0 Å². The molecule has 88 valence electrons. The van der Waals surface area contributed by atoms with Crippen LogP contribution in [0.15, 0.2) is 16.8 Å². The Morgan fingerprint density at radius 1 is 1.38 bits per heavy atom. The molecule has 1 heterocycles. The lowest BCUT2D eigenvalue weighted by atomic mass is 9.85. The van der Waals surface area contributed by atoms with E-state index in [9.17, 15) is 0 Å². The first-order valence-electron chi connectivity index (χ1n) is 6.32. The van der Waals surface area contributed by atoms with Crippen molar-refractivity contribution in [2.75, 3.05) is 6.54 Å². The monoisotopic (exact) mass is 236 g/mol. The standard InChI is InChI=1S/C13H20N2S/c14-13-11-2-1-10(5-11)12(13)7-15-6-9-3-4-16-8-9/h3-4,8,10-13,15H,1-2,5-7,14H2. The molecule has 2 bridgehead atoms. The summed E-state index contributed by atoms with van der Waals surface area (Å²) in [6.45, 7) is 2.11. The van der Waals surface area contributed by atoms with Crippen LogP contribution in [-0.2, 0) is 6.54 Å². The highest BCUT2D eigenvalue weighted by Gasteiger charge is 2.45. The molecule has 3 heteroatoms. The van der Waals surface area contributed by atoms with Crippen molar-refractivity contribution >= 4 is 11.3 Å². The highest BCUT2D eigenvalue weighted by atomic mass is 32.1. The second-order valence-corrected chi connectivity index (χ2v) is 6.12. The van der Waals surface area contributed by atoms with Gasteiger partial charge in [-0.3, -0.25) is 0 Å². The Bertz CT molecular complexity index is 334. The Morgan fingerprint density at radius 3 is 2.94 bits per heavy atom. The molecular formula is C13H20N2S. The summed E-state index contributed by atoms with van der Waals surface area (Å²) in [5.74, 6) is 2.48. The molecule has 0 aromatic carbocycles. The summed E-state index contributed by atoms with van der Waals surface area (Å²) >= 11 is 1.77. The first-order chi connectivity index (χ1) is 7.84. The molecule has 2 fully saturated rings. The maximum absolute atomic E-state index is 6.29. The van der Waals surface area contributed by atoms with Crippen molar-refractivity contribution in [2.24, 2.45) is 23.5 Å². The molecule has 2 aliphatic carbocycles. The third kappa shape index (κ3) is 1.92. The van der Waals surface area contributed by atoms with E-state index in [1.54, 1.807) is 11.3 Å². The zero-order chi connectivity index (χ0) is 11.0. The Hall–Kier alpha value is -0.380. The van der Waals surface area contributed by atoms with Gasteiger partial charge in [-0.05, 0) is 59.4 Å². The number of hydrogen-bond acceptors (Lipinski definition) is 3. The Kier molecular flexibility index (Phi) is 3.01. The van der Waals surface area contributed by atoms with Crippen LogP contribution in [0.1, 0.15) is 24.8 Å². The van der Waals surface area contributed by atoms with Gasteiger partial charge in [0, 0.05) is 19.1 Å². The predicted octanol–water partition coefficient (Wildman–Crippen LogP) is 2.21. The topological polar surface area (TPSA) is 38.0 Å². The average molecular weight is 236 g/mol. The lowest BCUT2D eigenvalue weighted by molar-refractivity contribution is 0.278.